The van der Waals surface area contributed by atoms with E-state index in [1.54, 1.807) is 23.6 Å². The maximum absolute atomic E-state index is 12.5. The normalized spacial score (nSPS) is 16.7. The second-order valence-corrected chi connectivity index (χ2v) is 32.1. The molecule has 538 valence electrons. The van der Waals surface area contributed by atoms with Crippen molar-refractivity contribution >= 4 is 100 Å². The van der Waals surface area contributed by atoms with Gasteiger partial charge in [0.25, 0.3) is 22.9 Å². The number of non-ortho nitro benzene ring substituents is 1. The molecule has 3 aliphatic heterocycles. The Morgan fingerprint density at radius 3 is 2.13 bits per heavy atom. The predicted molar refractivity (Wildman–Crippen MR) is 401 cm³/mol. The number of ether oxygens (including phenoxy) is 3. The maximum Gasteiger partial charge on any atom is 1.00 e. The molecule has 1 aliphatic carbocycles. The van der Waals surface area contributed by atoms with Gasteiger partial charge in [0.2, 0.25) is 10.1 Å². The molecule has 4 aliphatic rings. The molecule has 5 aromatic carbocycles. The molecular formula is C74H91ClIN8NaO13S3. The fourth-order valence-electron chi connectivity index (χ4n) is 12.0. The summed E-state index contributed by atoms with van der Waals surface area (Å²) in [5, 5.41) is 51.1. The van der Waals surface area contributed by atoms with Crippen LogP contribution in [0.15, 0.2) is 123 Å². The molecule has 7 aromatic rings. The van der Waals surface area contributed by atoms with Gasteiger partial charge in [0.1, 0.15) is 33.2 Å². The first-order chi connectivity index (χ1) is 47.7. The number of hydrogen-bond acceptors (Lipinski definition) is 18. The van der Waals surface area contributed by atoms with E-state index in [0.29, 0.717) is 76.7 Å². The van der Waals surface area contributed by atoms with E-state index in [4.69, 9.17) is 36.3 Å². The number of nitro benzene ring substituents is 2. The smallest absolute Gasteiger partial charge is 0.872 e. The molecule has 21 nitrogen and oxygen atoms in total. The Hall–Kier alpha value is -6.05. The number of nitriles is 2. The van der Waals surface area contributed by atoms with E-state index in [2.05, 4.69) is 85.3 Å². The number of nitro groups is 2. The summed E-state index contributed by atoms with van der Waals surface area (Å²) < 4.78 is 56.7. The molecule has 2 aromatic heterocycles. The summed E-state index contributed by atoms with van der Waals surface area (Å²) in [4.78, 5) is 52.5. The number of thiophene rings is 1. The standard InChI is InChI=1S/C18H35NO2.C14H17IN2O2.C12H10O.C11H14N2O6S.C11H11NO.C8H5ClN2OS2.Na/c1-6-12-19(7-2)13-16-14-20-18(21-16)10-8-15(9-11-18)17(3,4)5;1-3-7-17-13(18)11-9-10(15)5-6-12(11)16-14(17)19-8-4-2;13-12-9-5-4-8-11(12)10-6-2-1-3-7-10;1-2-3-4-7-20(18,19)11-6-5-9(12(14)15)8-10(11)13(16)17;13-10-5-4-8-2-1-3-9-6-7-12(10)11(8)9;1-2-14(12)8-5(3-10)7(9)6(4-11)13-8;/h15-16H,6-14H2,1-5H3;5-6,9H,3-4,7-8H2,1-2H3;1-9,13H;5-6,8H,2-4,7H2,1H3;1-3H,4-7H2;2H2,1H3;/q;;;;;;+1/p-1. The number of carbonyl (C=O) groups excluding carboxylic acids is 1. The number of likely N-dealkylation sites (N-methyl/N-ethyl adjacent to an activating group) is 1. The van der Waals surface area contributed by atoms with Gasteiger partial charge < -0.3 is 33.7 Å². The molecule has 11 rings (SSSR count). The third-order valence-electron chi connectivity index (χ3n) is 17.3. The van der Waals surface area contributed by atoms with Crippen LogP contribution in [0.1, 0.15) is 155 Å². The van der Waals surface area contributed by atoms with Crippen molar-refractivity contribution in [2.45, 2.75) is 173 Å². The average Bonchev–Trinajstić information content (AvgIpc) is 1.78. The van der Waals surface area contributed by atoms with Gasteiger partial charge in [-0.05, 0) is 163 Å². The van der Waals surface area contributed by atoms with Crippen LogP contribution in [0.25, 0.3) is 22.0 Å². The van der Waals surface area contributed by atoms with E-state index in [1.165, 1.54) is 36.1 Å². The Morgan fingerprint density at radius 2 is 1.53 bits per heavy atom. The number of anilines is 1. The van der Waals surface area contributed by atoms with E-state index in [0.717, 1.165) is 122 Å². The van der Waals surface area contributed by atoms with E-state index in [-0.39, 0.29) is 74.0 Å². The SMILES string of the molecule is CCCCCS(=O)(=O)c1ccc([N+](=O)[O-])cc1[N+](=O)[O-].CCCN(CC)CC1COC2(CCC(C(C)(C)C)CC2)O1.CCCOc1nc2ccc(I)cc2c(=O)n1CCC.CC[S+]([O-])c1sc(C#N)c(Cl)c1C#N.O=C1CCc2cccc3c2N1CC3.[Na+].[O-]c1ccccc1-c1ccccc1. The number of unbranched alkanes of at least 4 members (excludes halogenated alkanes) is 2. The van der Waals surface area contributed by atoms with Gasteiger partial charge in [0, 0.05) is 48.5 Å². The van der Waals surface area contributed by atoms with Crippen LogP contribution >= 0.6 is 45.5 Å². The van der Waals surface area contributed by atoms with Crippen LogP contribution in [-0.4, -0.2) is 106 Å². The first kappa shape index (κ1) is 85.6. The molecule has 1 saturated carbocycles. The molecule has 2 fully saturated rings. The number of aryl methyl sites for hydroxylation is 1. The minimum Gasteiger partial charge on any atom is -0.872 e. The number of benzene rings is 5. The summed E-state index contributed by atoms with van der Waals surface area (Å²) in [5.74, 6) is 1.14. The van der Waals surface area contributed by atoms with Gasteiger partial charge in [-0.25, -0.2) is 8.42 Å². The van der Waals surface area contributed by atoms with Gasteiger partial charge in [-0.15, -0.1) is 5.75 Å². The van der Waals surface area contributed by atoms with E-state index < -0.39 is 47.1 Å². The van der Waals surface area contributed by atoms with E-state index >= 15 is 0 Å². The van der Waals surface area contributed by atoms with Gasteiger partial charge in [-0.3, -0.25) is 34.4 Å². The third-order valence-corrected chi connectivity index (χ3v) is 23.1. The van der Waals surface area contributed by atoms with Crippen LogP contribution < -0.4 is 49.9 Å². The summed E-state index contributed by atoms with van der Waals surface area (Å²) in [6.45, 7) is 25.4. The van der Waals surface area contributed by atoms with Gasteiger partial charge in [-0.2, -0.15) is 15.5 Å². The van der Waals surface area contributed by atoms with Crippen molar-refractivity contribution in [2.75, 3.05) is 55.8 Å². The van der Waals surface area contributed by atoms with Crippen LogP contribution in [0.2, 0.25) is 5.02 Å². The van der Waals surface area contributed by atoms with Crippen molar-refractivity contribution in [3.63, 3.8) is 0 Å². The Morgan fingerprint density at radius 1 is 0.851 bits per heavy atom. The number of fused-ring (bicyclic) bond motifs is 1. The minimum absolute atomic E-state index is 0. The number of carbonyl (C=O) groups is 1. The molecule has 5 heterocycles. The molecule has 0 radical (unpaired) electrons. The summed E-state index contributed by atoms with van der Waals surface area (Å²) in [6, 6.07) is 35.6. The minimum atomic E-state index is -3.81. The monoisotopic (exact) mass is 1580 g/mol. The average molecular weight is 1580 g/mol. The number of nitrogens with zero attached hydrogens (tertiary/aromatic N) is 8. The molecule has 0 bridgehead atoms. The van der Waals surface area contributed by atoms with Crippen molar-refractivity contribution in [3.05, 3.63) is 170 Å². The fourth-order valence-corrected chi connectivity index (χ4v) is 16.7. The van der Waals surface area contributed by atoms with Crippen molar-refractivity contribution in [3.8, 4) is 35.0 Å². The Kier molecular flexibility index (Phi) is 35.1. The number of aromatic nitrogens is 2. The number of sulfone groups is 1. The fraction of sp³-hybridized carbons (Fsp3) is 0.473. The van der Waals surface area contributed by atoms with E-state index in [1.807, 2.05) is 98.5 Å². The number of amides is 1. The van der Waals surface area contributed by atoms with Gasteiger partial charge in [0.15, 0.2) is 15.6 Å². The maximum atomic E-state index is 12.5. The summed E-state index contributed by atoms with van der Waals surface area (Å²) >= 11 is 7.76. The zero-order valence-electron chi connectivity index (χ0n) is 59.5. The van der Waals surface area contributed by atoms with Crippen LogP contribution in [0.3, 0.4) is 0 Å². The first-order valence-electron chi connectivity index (χ1n) is 34.0. The van der Waals surface area contributed by atoms with E-state index in [9.17, 15) is 47.9 Å². The van der Waals surface area contributed by atoms with Crippen LogP contribution in [0, 0.1) is 57.8 Å². The van der Waals surface area contributed by atoms with Gasteiger partial charge in [0.05, 0.1) is 62.6 Å². The number of hydrogen-bond donors (Lipinski definition) is 0. The molecule has 2 unspecified atom stereocenters. The van der Waals surface area contributed by atoms with Gasteiger partial charge in [-0.1, -0.05) is 164 Å². The quantitative estimate of drug-likeness (QED) is 0.0171. The number of halogens is 2. The molecule has 1 saturated heterocycles. The second kappa shape index (κ2) is 41.4. The molecular weight excluding hydrogens is 1490 g/mol. The zero-order valence-corrected chi connectivity index (χ0v) is 66.8. The molecule has 1 amide bonds. The van der Waals surface area contributed by atoms with Crippen molar-refractivity contribution in [2.24, 2.45) is 11.3 Å². The Bertz CT molecular complexity index is 4160. The summed E-state index contributed by atoms with van der Waals surface area (Å²) in [6.07, 6.45) is 12.4. The van der Waals surface area contributed by atoms with Crippen molar-refractivity contribution in [1.29, 1.82) is 10.5 Å². The number of rotatable bonds is 20. The van der Waals surface area contributed by atoms with Gasteiger partial charge >= 0.3 is 29.6 Å². The number of para-hydroxylation sites is 2. The topological polar surface area (TPSA) is 300 Å². The predicted octanol–water partition coefficient (Wildman–Crippen LogP) is 13.0. The largest absolute Gasteiger partial charge is 1.00 e. The summed E-state index contributed by atoms with van der Waals surface area (Å²) in [5.41, 5.74) is 5.68. The van der Waals surface area contributed by atoms with Crippen LogP contribution in [0.4, 0.5) is 17.1 Å². The van der Waals surface area contributed by atoms with Crippen molar-refractivity contribution in [1.82, 2.24) is 14.5 Å². The van der Waals surface area contributed by atoms with Crippen LogP contribution in [-0.2, 0) is 54.7 Å². The molecule has 2 atom stereocenters. The summed E-state index contributed by atoms with van der Waals surface area (Å²) in [7, 11) is -3.81. The molecule has 101 heavy (non-hydrogen) atoms. The second-order valence-electron chi connectivity index (χ2n) is 25.4. The zero-order chi connectivity index (χ0) is 73.3. The third kappa shape index (κ3) is 24.0. The van der Waals surface area contributed by atoms with Crippen LogP contribution in [0.5, 0.6) is 11.8 Å². The molecule has 0 N–H and O–H groups in total. The first-order valence-corrected chi connectivity index (χ1v) is 39.2. The Balaban J connectivity index is 0.000000220. The molecule has 1 spiro atoms. The van der Waals surface area contributed by atoms with Crippen molar-refractivity contribution < 1.29 is 76.5 Å². The Labute approximate surface area is 641 Å². The molecule has 27 heteroatoms.